The number of hydrogen-bond acceptors (Lipinski definition) is 2. The molecular formula is C15H19BrN2O2. The van der Waals surface area contributed by atoms with Crippen LogP contribution in [0.4, 0.5) is 5.69 Å². The molecule has 0 saturated heterocycles. The van der Waals surface area contributed by atoms with Gasteiger partial charge in [0.25, 0.3) is 5.91 Å². The summed E-state index contributed by atoms with van der Waals surface area (Å²) >= 11 is 3.44. The molecular weight excluding hydrogens is 320 g/mol. The third kappa shape index (κ3) is 2.73. The molecule has 1 aliphatic carbocycles. The fourth-order valence-corrected chi connectivity index (χ4v) is 3.06. The second-order valence-electron chi connectivity index (χ2n) is 5.62. The Balaban J connectivity index is 2.35. The Bertz CT molecular complexity index is 565. The largest absolute Gasteiger partial charge is 0.355 e. The summed E-state index contributed by atoms with van der Waals surface area (Å²) in [6.45, 7) is 3.88. The molecule has 0 unspecified atom stereocenters. The molecule has 1 aromatic carbocycles. The number of aryl methyl sites for hydroxylation is 1. The molecule has 0 aliphatic heterocycles. The Hall–Kier alpha value is -1.36. The summed E-state index contributed by atoms with van der Waals surface area (Å²) in [5.74, 6) is -0.220. The van der Waals surface area contributed by atoms with Crippen molar-refractivity contribution in [1.29, 1.82) is 0 Å². The summed E-state index contributed by atoms with van der Waals surface area (Å²) in [6.07, 6.45) is 2.89. The Labute approximate surface area is 127 Å². The van der Waals surface area contributed by atoms with Crippen molar-refractivity contribution in [2.24, 2.45) is 5.41 Å². The summed E-state index contributed by atoms with van der Waals surface area (Å²) in [7, 11) is 1.58. The Morgan fingerprint density at radius 3 is 2.45 bits per heavy atom. The lowest BCUT2D eigenvalue weighted by atomic mass is 9.70. The predicted octanol–water partition coefficient (Wildman–Crippen LogP) is 3.25. The van der Waals surface area contributed by atoms with Gasteiger partial charge in [0.15, 0.2) is 0 Å². The monoisotopic (exact) mass is 338 g/mol. The van der Waals surface area contributed by atoms with Gasteiger partial charge in [-0.05, 0) is 53.4 Å². The first-order valence-electron chi connectivity index (χ1n) is 6.71. The van der Waals surface area contributed by atoms with Gasteiger partial charge in [0, 0.05) is 16.9 Å². The van der Waals surface area contributed by atoms with E-state index in [0.29, 0.717) is 11.3 Å². The van der Waals surface area contributed by atoms with Crippen LogP contribution in [0.15, 0.2) is 16.6 Å². The Morgan fingerprint density at radius 1 is 1.30 bits per heavy atom. The van der Waals surface area contributed by atoms with E-state index in [1.165, 1.54) is 0 Å². The lowest BCUT2D eigenvalue weighted by Gasteiger charge is -2.36. The van der Waals surface area contributed by atoms with Crippen LogP contribution in [0.2, 0.25) is 0 Å². The van der Waals surface area contributed by atoms with Gasteiger partial charge < -0.3 is 10.6 Å². The summed E-state index contributed by atoms with van der Waals surface area (Å²) in [4.78, 5) is 24.3. The van der Waals surface area contributed by atoms with Crippen LogP contribution in [0.3, 0.4) is 0 Å². The molecule has 0 aromatic heterocycles. The average molecular weight is 339 g/mol. The van der Waals surface area contributed by atoms with Crippen LogP contribution in [0, 0.1) is 12.3 Å². The Morgan fingerprint density at radius 2 is 1.95 bits per heavy atom. The smallest absolute Gasteiger partial charge is 0.253 e. The van der Waals surface area contributed by atoms with Gasteiger partial charge in [-0.2, -0.15) is 0 Å². The SMILES string of the molecule is CNC(=O)c1cc(C)cc(Br)c1NC(=O)C1(C)CCC1. The van der Waals surface area contributed by atoms with E-state index in [0.717, 1.165) is 29.3 Å². The number of hydrogen-bond donors (Lipinski definition) is 2. The van der Waals surface area contributed by atoms with Crippen molar-refractivity contribution in [1.82, 2.24) is 5.32 Å². The molecule has 2 N–H and O–H groups in total. The molecule has 0 bridgehead atoms. The first-order chi connectivity index (χ1) is 9.37. The third-order valence-corrected chi connectivity index (χ3v) is 4.58. The zero-order valence-corrected chi connectivity index (χ0v) is 13.6. The first kappa shape index (κ1) is 15.0. The number of carbonyl (C=O) groups excluding carboxylic acids is 2. The highest BCUT2D eigenvalue weighted by Crippen LogP contribution is 2.42. The lowest BCUT2D eigenvalue weighted by Crippen LogP contribution is -2.39. The summed E-state index contributed by atoms with van der Waals surface area (Å²) < 4.78 is 0.729. The minimum atomic E-state index is -0.301. The van der Waals surface area contributed by atoms with Crippen LogP contribution in [-0.2, 0) is 4.79 Å². The zero-order chi connectivity index (χ0) is 14.9. The highest BCUT2D eigenvalue weighted by molar-refractivity contribution is 9.10. The third-order valence-electron chi connectivity index (χ3n) is 3.95. The fourth-order valence-electron chi connectivity index (χ4n) is 2.38. The summed E-state index contributed by atoms with van der Waals surface area (Å²) in [6, 6.07) is 3.67. The van der Waals surface area contributed by atoms with Crippen molar-refractivity contribution in [2.45, 2.75) is 33.1 Å². The topological polar surface area (TPSA) is 58.2 Å². The van der Waals surface area contributed by atoms with Gasteiger partial charge in [0.05, 0.1) is 11.3 Å². The molecule has 2 amide bonds. The normalized spacial score (nSPS) is 16.2. The van der Waals surface area contributed by atoms with Gasteiger partial charge in [-0.3, -0.25) is 9.59 Å². The van der Waals surface area contributed by atoms with Crippen LogP contribution in [0.5, 0.6) is 0 Å². The van der Waals surface area contributed by atoms with Gasteiger partial charge in [-0.1, -0.05) is 13.3 Å². The van der Waals surface area contributed by atoms with Crippen molar-refractivity contribution in [2.75, 3.05) is 12.4 Å². The van der Waals surface area contributed by atoms with Crippen molar-refractivity contribution in [3.05, 3.63) is 27.7 Å². The Kier molecular flexibility index (Phi) is 4.18. The van der Waals surface area contributed by atoms with Crippen molar-refractivity contribution in [3.8, 4) is 0 Å². The predicted molar refractivity (Wildman–Crippen MR) is 82.9 cm³/mol. The maximum absolute atomic E-state index is 12.4. The minimum absolute atomic E-state index is 0.0153. The zero-order valence-electron chi connectivity index (χ0n) is 12.0. The number of nitrogens with one attached hydrogen (secondary N) is 2. The first-order valence-corrected chi connectivity index (χ1v) is 7.50. The maximum atomic E-state index is 12.4. The molecule has 4 nitrogen and oxygen atoms in total. The van der Waals surface area contributed by atoms with E-state index in [1.54, 1.807) is 13.1 Å². The standard InChI is InChI=1S/C15H19BrN2O2/c1-9-7-10(13(19)17-3)12(11(16)8-9)18-14(20)15(2)5-4-6-15/h7-8H,4-6H2,1-3H3,(H,17,19)(H,18,20). The number of benzene rings is 1. The van der Waals surface area contributed by atoms with E-state index in [2.05, 4.69) is 26.6 Å². The molecule has 5 heteroatoms. The van der Waals surface area contributed by atoms with Gasteiger partial charge in [0.1, 0.15) is 0 Å². The molecule has 1 fully saturated rings. The van der Waals surface area contributed by atoms with Crippen LogP contribution in [0.25, 0.3) is 0 Å². The van der Waals surface area contributed by atoms with Crippen LogP contribution >= 0.6 is 15.9 Å². The molecule has 0 atom stereocenters. The van der Waals surface area contributed by atoms with Gasteiger partial charge in [0.2, 0.25) is 5.91 Å². The molecule has 0 spiro atoms. The van der Waals surface area contributed by atoms with E-state index < -0.39 is 0 Å². The van der Waals surface area contributed by atoms with Gasteiger partial charge >= 0.3 is 0 Å². The molecule has 2 rings (SSSR count). The van der Waals surface area contributed by atoms with Crippen molar-refractivity contribution < 1.29 is 9.59 Å². The number of anilines is 1. The number of amides is 2. The molecule has 0 heterocycles. The summed E-state index contributed by atoms with van der Waals surface area (Å²) in [5.41, 5.74) is 1.69. The highest BCUT2D eigenvalue weighted by atomic mass is 79.9. The average Bonchev–Trinajstić information content (AvgIpc) is 2.37. The number of rotatable bonds is 3. The summed E-state index contributed by atoms with van der Waals surface area (Å²) in [5, 5.41) is 5.52. The second-order valence-corrected chi connectivity index (χ2v) is 6.47. The van der Waals surface area contributed by atoms with Crippen LogP contribution < -0.4 is 10.6 Å². The van der Waals surface area contributed by atoms with Crippen LogP contribution in [0.1, 0.15) is 42.1 Å². The quantitative estimate of drug-likeness (QED) is 0.888. The molecule has 1 aliphatic rings. The molecule has 1 aromatic rings. The number of carbonyl (C=O) groups is 2. The molecule has 108 valence electrons. The highest BCUT2D eigenvalue weighted by Gasteiger charge is 2.39. The van der Waals surface area contributed by atoms with E-state index in [9.17, 15) is 9.59 Å². The van der Waals surface area contributed by atoms with Crippen LogP contribution in [-0.4, -0.2) is 18.9 Å². The van der Waals surface area contributed by atoms with Gasteiger partial charge in [-0.15, -0.1) is 0 Å². The minimum Gasteiger partial charge on any atom is -0.355 e. The second kappa shape index (κ2) is 5.56. The molecule has 20 heavy (non-hydrogen) atoms. The van der Waals surface area contributed by atoms with E-state index in [4.69, 9.17) is 0 Å². The fraction of sp³-hybridized carbons (Fsp3) is 0.467. The van der Waals surface area contributed by atoms with Gasteiger partial charge in [-0.25, -0.2) is 0 Å². The van der Waals surface area contributed by atoms with E-state index >= 15 is 0 Å². The molecule has 0 radical (unpaired) electrons. The van der Waals surface area contributed by atoms with Crippen molar-refractivity contribution in [3.63, 3.8) is 0 Å². The lowest BCUT2D eigenvalue weighted by molar-refractivity contribution is -0.128. The van der Waals surface area contributed by atoms with Crippen molar-refractivity contribution >= 4 is 33.4 Å². The molecule has 1 saturated carbocycles. The maximum Gasteiger partial charge on any atom is 0.253 e. The number of halogens is 1. The van der Waals surface area contributed by atoms with E-state index in [-0.39, 0.29) is 17.2 Å². The van der Waals surface area contributed by atoms with E-state index in [1.807, 2.05) is 19.9 Å².